The molecule has 0 saturated carbocycles. The van der Waals surface area contributed by atoms with Gasteiger partial charge in [-0.1, -0.05) is 6.92 Å². The van der Waals surface area contributed by atoms with E-state index in [1.54, 1.807) is 11.6 Å². The van der Waals surface area contributed by atoms with Gasteiger partial charge in [0.1, 0.15) is 15.7 Å². The average molecular weight is 330 g/mol. The highest BCUT2D eigenvalue weighted by molar-refractivity contribution is 7.89. The molecular formula is C12H14N2O5S2. The van der Waals surface area contributed by atoms with E-state index in [1.807, 2.05) is 6.92 Å². The second-order valence-electron chi connectivity index (χ2n) is 4.29. The van der Waals surface area contributed by atoms with Crippen LogP contribution >= 0.6 is 11.3 Å². The van der Waals surface area contributed by atoms with Crippen molar-refractivity contribution in [2.45, 2.75) is 31.2 Å². The Morgan fingerprint density at radius 2 is 2.29 bits per heavy atom. The Morgan fingerprint density at radius 1 is 1.57 bits per heavy atom. The predicted octanol–water partition coefficient (Wildman–Crippen LogP) is 2.17. The highest BCUT2D eigenvalue weighted by Crippen LogP contribution is 2.25. The summed E-state index contributed by atoms with van der Waals surface area (Å²) in [6.45, 7) is 3.24. The van der Waals surface area contributed by atoms with Crippen molar-refractivity contribution in [3.05, 3.63) is 34.2 Å². The van der Waals surface area contributed by atoms with Crippen molar-refractivity contribution in [3.8, 4) is 0 Å². The van der Waals surface area contributed by atoms with E-state index >= 15 is 0 Å². The first kappa shape index (κ1) is 15.7. The number of aryl methyl sites for hydroxylation is 1. The largest absolute Gasteiger partial charge is 0.475 e. The fourth-order valence-corrected chi connectivity index (χ4v) is 4.11. The average Bonchev–Trinajstić information content (AvgIpc) is 3.05. The van der Waals surface area contributed by atoms with E-state index in [4.69, 9.17) is 9.52 Å². The van der Waals surface area contributed by atoms with Crippen LogP contribution in [-0.2, 0) is 10.0 Å². The van der Waals surface area contributed by atoms with Gasteiger partial charge in [0.2, 0.25) is 15.8 Å². The summed E-state index contributed by atoms with van der Waals surface area (Å²) >= 11 is 1.35. The topological polar surface area (TPSA) is 110 Å². The molecule has 9 heteroatoms. The quantitative estimate of drug-likeness (QED) is 0.840. The Balaban J connectivity index is 2.32. The standard InChI is InChI=1S/C12H14N2O5S2/c1-3-8(11-13-4-5-20-11)14-21(17,18)10-6-9(12(15)16)19-7(10)2/h4-6,8,14H,3H2,1-2H3,(H,15,16). The molecule has 2 rings (SSSR count). The SMILES string of the molecule is CCC(NS(=O)(=O)c1cc(C(=O)O)oc1C)c1nccs1. The molecule has 114 valence electrons. The van der Waals surface area contributed by atoms with E-state index in [0.717, 1.165) is 6.07 Å². The Labute approximate surface area is 125 Å². The lowest BCUT2D eigenvalue weighted by Gasteiger charge is -2.14. The maximum Gasteiger partial charge on any atom is 0.371 e. The fourth-order valence-electron chi connectivity index (χ4n) is 1.80. The minimum atomic E-state index is -3.88. The molecule has 0 bridgehead atoms. The number of hydrogen-bond acceptors (Lipinski definition) is 6. The summed E-state index contributed by atoms with van der Waals surface area (Å²) < 4.78 is 32.2. The molecule has 21 heavy (non-hydrogen) atoms. The van der Waals surface area contributed by atoms with Crippen LogP contribution in [-0.4, -0.2) is 24.5 Å². The first-order valence-corrected chi connectivity index (χ1v) is 8.47. The molecule has 7 nitrogen and oxygen atoms in total. The lowest BCUT2D eigenvalue weighted by molar-refractivity contribution is 0.0661. The third-order valence-corrected chi connectivity index (χ3v) is 5.30. The van der Waals surface area contributed by atoms with Crippen LogP contribution in [0.3, 0.4) is 0 Å². The van der Waals surface area contributed by atoms with E-state index < -0.39 is 27.8 Å². The summed E-state index contributed by atoms with van der Waals surface area (Å²) in [6, 6.07) is 0.548. The minimum absolute atomic E-state index is 0.0360. The number of hydrogen-bond donors (Lipinski definition) is 2. The highest BCUT2D eigenvalue weighted by atomic mass is 32.2. The second-order valence-corrected chi connectivity index (χ2v) is 6.90. The molecule has 0 aliphatic carbocycles. The molecule has 2 N–H and O–H groups in total. The van der Waals surface area contributed by atoms with E-state index in [1.165, 1.54) is 18.3 Å². The van der Waals surface area contributed by atoms with Crippen LogP contribution in [0.2, 0.25) is 0 Å². The first-order chi connectivity index (χ1) is 9.85. The maximum atomic E-state index is 12.4. The number of aromatic carboxylic acids is 1. The summed E-state index contributed by atoms with van der Waals surface area (Å²) in [4.78, 5) is 14.8. The van der Waals surface area contributed by atoms with Gasteiger partial charge in [-0.25, -0.2) is 22.9 Å². The molecule has 0 fully saturated rings. The number of nitrogens with zero attached hydrogens (tertiary/aromatic N) is 1. The van der Waals surface area contributed by atoms with Crippen molar-refractivity contribution < 1.29 is 22.7 Å². The second kappa shape index (κ2) is 5.96. The summed E-state index contributed by atoms with van der Waals surface area (Å²) in [5.41, 5.74) is 0. The van der Waals surface area contributed by atoms with Crippen molar-refractivity contribution in [2.75, 3.05) is 0 Å². The van der Waals surface area contributed by atoms with Gasteiger partial charge in [-0.05, 0) is 13.3 Å². The van der Waals surface area contributed by atoms with Crippen LogP contribution in [0.25, 0.3) is 0 Å². The molecule has 0 aromatic carbocycles. The van der Waals surface area contributed by atoms with Crippen LogP contribution in [0.1, 0.15) is 40.7 Å². The van der Waals surface area contributed by atoms with Crippen LogP contribution in [0.15, 0.2) is 27.0 Å². The molecule has 1 atom stereocenters. The Hall–Kier alpha value is -1.71. The van der Waals surface area contributed by atoms with Crippen LogP contribution in [0.4, 0.5) is 0 Å². The number of thiazole rings is 1. The summed E-state index contributed by atoms with van der Waals surface area (Å²) in [5, 5.41) is 11.3. The lowest BCUT2D eigenvalue weighted by Crippen LogP contribution is -2.28. The molecule has 0 saturated heterocycles. The number of carboxylic acids is 1. The molecule has 2 aromatic rings. The molecule has 0 radical (unpaired) electrons. The lowest BCUT2D eigenvalue weighted by atomic mass is 10.3. The third-order valence-electron chi connectivity index (χ3n) is 2.83. The Kier molecular flexibility index (Phi) is 4.45. The van der Waals surface area contributed by atoms with Crippen molar-refractivity contribution in [3.63, 3.8) is 0 Å². The zero-order chi connectivity index (χ0) is 15.6. The minimum Gasteiger partial charge on any atom is -0.475 e. The van der Waals surface area contributed by atoms with Gasteiger partial charge in [0.25, 0.3) is 0 Å². The van der Waals surface area contributed by atoms with Gasteiger partial charge in [-0.3, -0.25) is 0 Å². The van der Waals surface area contributed by atoms with E-state index in [2.05, 4.69) is 9.71 Å². The third kappa shape index (κ3) is 3.31. The van der Waals surface area contributed by atoms with Crippen molar-refractivity contribution in [1.82, 2.24) is 9.71 Å². The molecule has 0 aliphatic heterocycles. The van der Waals surface area contributed by atoms with Crippen LogP contribution in [0, 0.1) is 6.92 Å². The number of furan rings is 1. The van der Waals surface area contributed by atoms with Gasteiger partial charge in [-0.15, -0.1) is 11.3 Å². The first-order valence-electron chi connectivity index (χ1n) is 6.10. The van der Waals surface area contributed by atoms with Crippen LogP contribution in [0.5, 0.6) is 0 Å². The van der Waals surface area contributed by atoms with Crippen molar-refractivity contribution >= 4 is 27.3 Å². The number of sulfonamides is 1. The molecule has 0 aliphatic rings. The summed E-state index contributed by atoms with van der Waals surface area (Å²) in [6.07, 6.45) is 2.12. The smallest absolute Gasteiger partial charge is 0.371 e. The molecule has 2 heterocycles. The van der Waals surface area contributed by atoms with Gasteiger partial charge in [0.05, 0.1) is 6.04 Å². The maximum absolute atomic E-state index is 12.4. The van der Waals surface area contributed by atoms with E-state index in [-0.39, 0.29) is 10.7 Å². The van der Waals surface area contributed by atoms with Gasteiger partial charge in [0, 0.05) is 17.6 Å². The number of nitrogens with one attached hydrogen (secondary N) is 1. The summed E-state index contributed by atoms with van der Waals surface area (Å²) in [5.74, 6) is -1.68. The number of carboxylic acid groups (broad SMARTS) is 1. The monoisotopic (exact) mass is 330 g/mol. The predicted molar refractivity (Wildman–Crippen MR) is 75.9 cm³/mol. The van der Waals surface area contributed by atoms with Gasteiger partial charge < -0.3 is 9.52 Å². The Bertz CT molecular complexity index is 734. The van der Waals surface area contributed by atoms with Gasteiger partial charge in [0.15, 0.2) is 0 Å². The number of aromatic nitrogens is 1. The molecular weight excluding hydrogens is 316 g/mol. The van der Waals surface area contributed by atoms with Crippen LogP contribution < -0.4 is 4.72 Å². The fraction of sp³-hybridized carbons (Fsp3) is 0.333. The van der Waals surface area contributed by atoms with Crippen molar-refractivity contribution in [2.24, 2.45) is 0 Å². The van der Waals surface area contributed by atoms with E-state index in [0.29, 0.717) is 11.4 Å². The van der Waals surface area contributed by atoms with Gasteiger partial charge in [-0.2, -0.15) is 0 Å². The zero-order valence-electron chi connectivity index (χ0n) is 11.4. The molecule has 2 aromatic heterocycles. The molecule has 0 spiro atoms. The number of carbonyl (C=O) groups is 1. The van der Waals surface area contributed by atoms with Crippen molar-refractivity contribution in [1.29, 1.82) is 0 Å². The molecule has 1 unspecified atom stereocenters. The van der Waals surface area contributed by atoms with Gasteiger partial charge >= 0.3 is 5.97 Å². The zero-order valence-corrected chi connectivity index (χ0v) is 13.0. The normalized spacial score (nSPS) is 13.2. The Morgan fingerprint density at radius 3 is 2.76 bits per heavy atom. The molecule has 0 amide bonds. The summed E-state index contributed by atoms with van der Waals surface area (Å²) in [7, 11) is -3.88. The van der Waals surface area contributed by atoms with E-state index in [9.17, 15) is 13.2 Å². The number of rotatable bonds is 6. The highest BCUT2D eigenvalue weighted by Gasteiger charge is 2.27.